The van der Waals surface area contributed by atoms with E-state index in [0.717, 1.165) is 17.1 Å². The lowest BCUT2D eigenvalue weighted by Crippen LogP contribution is -2.11. The first-order valence-corrected chi connectivity index (χ1v) is 6.18. The Hall–Kier alpha value is -1.81. The molecule has 10 heteroatoms. The van der Waals surface area contributed by atoms with Crippen LogP contribution in [0.1, 0.15) is 5.56 Å². The van der Waals surface area contributed by atoms with Gasteiger partial charge in [0.15, 0.2) is 11.0 Å². The van der Waals surface area contributed by atoms with E-state index in [4.69, 9.17) is 5.84 Å². The van der Waals surface area contributed by atoms with Crippen molar-refractivity contribution in [1.29, 1.82) is 0 Å². The molecule has 2 heterocycles. The van der Waals surface area contributed by atoms with Gasteiger partial charge in [-0.3, -0.25) is 0 Å². The van der Waals surface area contributed by atoms with E-state index in [-0.39, 0.29) is 5.82 Å². The highest BCUT2D eigenvalue weighted by Crippen LogP contribution is 2.29. The molecule has 0 saturated heterocycles. The molecule has 0 fully saturated rings. The van der Waals surface area contributed by atoms with E-state index in [9.17, 15) is 13.2 Å². The van der Waals surface area contributed by atoms with E-state index in [1.165, 1.54) is 17.8 Å². The van der Waals surface area contributed by atoms with E-state index in [2.05, 4.69) is 20.5 Å². The van der Waals surface area contributed by atoms with Crippen LogP contribution in [0.4, 0.5) is 19.0 Å². The van der Waals surface area contributed by atoms with Crippen LogP contribution in [0.5, 0.6) is 0 Å². The van der Waals surface area contributed by atoms with E-state index < -0.39 is 11.7 Å². The summed E-state index contributed by atoms with van der Waals surface area (Å²) in [7, 11) is 0. The van der Waals surface area contributed by atoms with Crippen molar-refractivity contribution in [3.05, 3.63) is 24.0 Å². The quantitative estimate of drug-likeness (QED) is 0.387. The maximum atomic E-state index is 12.5. The Kier molecular flexibility index (Phi) is 3.62. The van der Waals surface area contributed by atoms with Gasteiger partial charge in [0, 0.05) is 12.3 Å². The zero-order valence-corrected chi connectivity index (χ0v) is 10.5. The van der Waals surface area contributed by atoms with Gasteiger partial charge in [0.25, 0.3) is 0 Å². The molecule has 19 heavy (non-hydrogen) atoms. The molecule has 2 aromatic heterocycles. The molecule has 0 atom stereocenters. The van der Waals surface area contributed by atoms with Crippen LogP contribution in [0.15, 0.2) is 23.6 Å². The van der Waals surface area contributed by atoms with Crippen molar-refractivity contribution in [1.82, 2.24) is 19.7 Å². The molecule has 0 unspecified atom stereocenters. The van der Waals surface area contributed by atoms with Gasteiger partial charge in [-0.2, -0.15) is 18.3 Å². The van der Waals surface area contributed by atoms with Crippen molar-refractivity contribution in [2.45, 2.75) is 11.3 Å². The van der Waals surface area contributed by atoms with Crippen LogP contribution in [0, 0.1) is 0 Å². The van der Waals surface area contributed by atoms with Crippen molar-refractivity contribution in [3.8, 4) is 5.82 Å². The summed E-state index contributed by atoms with van der Waals surface area (Å²) < 4.78 is 38.5. The average molecular weight is 290 g/mol. The zero-order valence-electron chi connectivity index (χ0n) is 9.64. The molecule has 2 rings (SSSR count). The second kappa shape index (κ2) is 5.05. The summed E-state index contributed by atoms with van der Waals surface area (Å²) in [6.07, 6.45) is -1.12. The highest BCUT2D eigenvalue weighted by atomic mass is 32.2. The van der Waals surface area contributed by atoms with Gasteiger partial charge >= 0.3 is 6.18 Å². The fraction of sp³-hybridized carbons (Fsp3) is 0.222. The van der Waals surface area contributed by atoms with Gasteiger partial charge in [0.2, 0.25) is 0 Å². The second-order valence-electron chi connectivity index (χ2n) is 3.41. The number of aromatic nitrogens is 4. The fourth-order valence-electron chi connectivity index (χ4n) is 1.29. The van der Waals surface area contributed by atoms with Crippen LogP contribution in [0.3, 0.4) is 0 Å². The summed E-state index contributed by atoms with van der Waals surface area (Å²) in [5, 5.41) is 4.00. The third-order valence-corrected chi connectivity index (χ3v) is 2.71. The molecule has 0 aliphatic carbocycles. The predicted molar refractivity (Wildman–Crippen MR) is 63.7 cm³/mol. The van der Waals surface area contributed by atoms with Gasteiger partial charge < -0.3 is 5.43 Å². The molecule has 0 aliphatic rings. The van der Waals surface area contributed by atoms with Gasteiger partial charge in [-0.1, -0.05) is 11.8 Å². The monoisotopic (exact) mass is 290 g/mol. The van der Waals surface area contributed by atoms with Gasteiger partial charge in [-0.25, -0.2) is 20.5 Å². The highest BCUT2D eigenvalue weighted by molar-refractivity contribution is 7.98. The van der Waals surface area contributed by atoms with Crippen LogP contribution < -0.4 is 11.3 Å². The summed E-state index contributed by atoms with van der Waals surface area (Å²) in [5.41, 5.74) is 1.47. The average Bonchev–Trinajstić information content (AvgIpc) is 2.87. The number of hydrogen-bond acceptors (Lipinski definition) is 6. The number of hydrazine groups is 1. The number of anilines is 1. The molecule has 2 aromatic rings. The minimum Gasteiger partial charge on any atom is -0.308 e. The van der Waals surface area contributed by atoms with E-state index in [1.807, 2.05) is 0 Å². The highest BCUT2D eigenvalue weighted by Gasteiger charge is 2.32. The lowest BCUT2D eigenvalue weighted by atomic mass is 10.4. The number of alkyl halides is 3. The molecule has 0 saturated carbocycles. The summed E-state index contributed by atoms with van der Waals surface area (Å²) in [6, 6.07) is 1.40. The molecule has 0 aromatic carbocycles. The molecular weight excluding hydrogens is 281 g/mol. The first kappa shape index (κ1) is 13.6. The lowest BCUT2D eigenvalue weighted by molar-refractivity contribution is -0.137. The summed E-state index contributed by atoms with van der Waals surface area (Å²) in [6.45, 7) is 0. The Morgan fingerprint density at radius 1 is 1.37 bits per heavy atom. The maximum Gasteiger partial charge on any atom is 0.419 e. The Morgan fingerprint density at radius 3 is 2.63 bits per heavy atom. The molecule has 6 nitrogen and oxygen atoms in total. The van der Waals surface area contributed by atoms with E-state index in [1.54, 1.807) is 6.26 Å². The Bertz CT molecular complexity index is 559. The molecule has 3 N–H and O–H groups in total. The van der Waals surface area contributed by atoms with Gasteiger partial charge in [0.1, 0.15) is 5.82 Å². The van der Waals surface area contributed by atoms with Crippen LogP contribution >= 0.6 is 11.8 Å². The Morgan fingerprint density at radius 2 is 2.11 bits per heavy atom. The lowest BCUT2D eigenvalue weighted by Gasteiger charge is -2.06. The van der Waals surface area contributed by atoms with Crippen molar-refractivity contribution >= 4 is 17.6 Å². The first-order valence-electron chi connectivity index (χ1n) is 4.96. The summed E-state index contributed by atoms with van der Waals surface area (Å²) >= 11 is 1.24. The van der Waals surface area contributed by atoms with Gasteiger partial charge in [-0.05, 0) is 6.26 Å². The van der Waals surface area contributed by atoms with Crippen LogP contribution in [0.25, 0.3) is 5.82 Å². The normalized spacial score (nSPS) is 11.6. The first-order chi connectivity index (χ1) is 8.94. The zero-order chi connectivity index (χ0) is 14.0. The second-order valence-corrected chi connectivity index (χ2v) is 4.19. The van der Waals surface area contributed by atoms with Crippen LogP contribution in [-0.2, 0) is 6.18 Å². The number of hydrogen-bond donors (Lipinski definition) is 2. The van der Waals surface area contributed by atoms with Crippen LogP contribution in [0.2, 0.25) is 0 Å². The fourth-order valence-corrected chi connectivity index (χ4v) is 1.66. The number of halogens is 3. The van der Waals surface area contributed by atoms with Crippen molar-refractivity contribution in [3.63, 3.8) is 0 Å². The topological polar surface area (TPSA) is 81.6 Å². The molecule has 0 amide bonds. The minimum absolute atomic E-state index is 0.197. The molecule has 0 radical (unpaired) electrons. The van der Waals surface area contributed by atoms with Crippen molar-refractivity contribution in [2.24, 2.45) is 5.84 Å². The summed E-state index contributed by atoms with van der Waals surface area (Å²) in [5.74, 6) is 5.72. The predicted octanol–water partition coefficient (Wildman–Crippen LogP) is 1.69. The van der Waals surface area contributed by atoms with Crippen molar-refractivity contribution in [2.75, 3.05) is 11.7 Å². The number of nitrogens with zero attached hydrogens (tertiary/aromatic N) is 4. The van der Waals surface area contributed by atoms with Crippen LogP contribution in [-0.4, -0.2) is 26.0 Å². The standard InChI is InChI=1S/C9H9F3N6S/c1-19-8-15-6(17-13)2-7(16-8)18-4-5(3-14-18)9(10,11)12/h2-4H,13H2,1H3,(H,15,16,17). The van der Waals surface area contributed by atoms with Crippen molar-refractivity contribution < 1.29 is 13.2 Å². The largest absolute Gasteiger partial charge is 0.419 e. The number of nitrogens with two attached hydrogens (primary N) is 1. The van der Waals surface area contributed by atoms with Gasteiger partial charge in [-0.15, -0.1) is 0 Å². The summed E-state index contributed by atoms with van der Waals surface area (Å²) in [4.78, 5) is 8.06. The smallest absolute Gasteiger partial charge is 0.308 e. The maximum absolute atomic E-state index is 12.5. The Balaban J connectivity index is 2.43. The molecule has 0 spiro atoms. The number of nitrogens with one attached hydrogen (secondary N) is 1. The molecule has 0 bridgehead atoms. The minimum atomic E-state index is -4.44. The molecule has 102 valence electrons. The third-order valence-electron chi connectivity index (χ3n) is 2.17. The third kappa shape index (κ3) is 2.96. The van der Waals surface area contributed by atoms with E-state index in [0.29, 0.717) is 11.0 Å². The molecule has 0 aliphatic heterocycles. The SMILES string of the molecule is CSc1nc(NN)cc(-n2cc(C(F)(F)F)cn2)n1. The number of thioether (sulfide) groups is 1. The molecular formula is C9H9F3N6S. The van der Waals surface area contributed by atoms with Gasteiger partial charge in [0.05, 0.1) is 11.8 Å². The number of nitrogen functional groups attached to an aromatic ring is 1. The number of rotatable bonds is 3. The Labute approximate surface area is 110 Å². The van der Waals surface area contributed by atoms with E-state index >= 15 is 0 Å².